The monoisotopic (exact) mass is 361 g/mol. The fourth-order valence-electron chi connectivity index (χ4n) is 4.19. The lowest BCUT2D eigenvalue weighted by Crippen LogP contribution is -2.50. The third kappa shape index (κ3) is 4.29. The summed E-state index contributed by atoms with van der Waals surface area (Å²) in [5, 5.41) is 0.793. The summed E-state index contributed by atoms with van der Waals surface area (Å²) in [5.41, 5.74) is 1.26. The summed E-state index contributed by atoms with van der Waals surface area (Å²) >= 11 is 5.99. The highest BCUT2D eigenvalue weighted by molar-refractivity contribution is 6.30. The van der Waals surface area contributed by atoms with Crippen LogP contribution in [0, 0.1) is 5.92 Å². The van der Waals surface area contributed by atoms with Gasteiger partial charge < -0.3 is 9.80 Å². The van der Waals surface area contributed by atoms with Gasteiger partial charge in [0.05, 0.1) is 0 Å². The summed E-state index contributed by atoms with van der Waals surface area (Å²) in [5.74, 6) is 1.18. The van der Waals surface area contributed by atoms with E-state index < -0.39 is 0 Å². The van der Waals surface area contributed by atoms with Crippen molar-refractivity contribution >= 4 is 23.2 Å². The number of piperazine rings is 1. The van der Waals surface area contributed by atoms with E-state index in [9.17, 15) is 4.79 Å². The number of amides is 1. The summed E-state index contributed by atoms with van der Waals surface area (Å²) < 4.78 is 0. The van der Waals surface area contributed by atoms with E-state index in [2.05, 4.69) is 26.8 Å². The van der Waals surface area contributed by atoms with Crippen LogP contribution in [-0.2, 0) is 4.79 Å². The largest absolute Gasteiger partial charge is 0.369 e. The van der Waals surface area contributed by atoms with Gasteiger partial charge in [-0.3, -0.25) is 9.69 Å². The van der Waals surface area contributed by atoms with Crippen molar-refractivity contribution in [3.05, 3.63) is 29.3 Å². The highest BCUT2D eigenvalue weighted by Gasteiger charge is 2.31. The number of benzene rings is 1. The highest BCUT2D eigenvalue weighted by Crippen LogP contribution is 2.31. The molecule has 1 aromatic rings. The molecule has 0 aromatic heterocycles. The Morgan fingerprint density at radius 2 is 1.64 bits per heavy atom. The third-order valence-electron chi connectivity index (χ3n) is 5.97. The first-order valence-electron chi connectivity index (χ1n) is 9.71. The van der Waals surface area contributed by atoms with Gasteiger partial charge in [0.1, 0.15) is 0 Å². The van der Waals surface area contributed by atoms with Crippen molar-refractivity contribution in [1.82, 2.24) is 9.80 Å². The van der Waals surface area contributed by atoms with Crippen LogP contribution < -0.4 is 4.90 Å². The normalized spacial score (nSPS) is 26.0. The Bertz CT molecular complexity index is 593. The number of nitrogens with zero attached hydrogens (tertiary/aromatic N) is 3. The van der Waals surface area contributed by atoms with Crippen LogP contribution in [0.1, 0.15) is 32.1 Å². The molecule has 1 aromatic carbocycles. The number of likely N-dealkylation sites (tertiary alicyclic amines) is 1. The second-order valence-electron chi connectivity index (χ2n) is 7.76. The van der Waals surface area contributed by atoms with Crippen molar-refractivity contribution in [1.29, 1.82) is 0 Å². The van der Waals surface area contributed by atoms with Crippen LogP contribution in [0.25, 0.3) is 0 Å². The molecule has 1 amide bonds. The number of carbonyl (C=O) groups is 1. The van der Waals surface area contributed by atoms with E-state index in [1.54, 1.807) is 0 Å². The minimum Gasteiger partial charge on any atom is -0.369 e. The molecule has 4 nitrogen and oxygen atoms in total. The van der Waals surface area contributed by atoms with Crippen LogP contribution in [0.4, 0.5) is 5.69 Å². The first kappa shape index (κ1) is 17.2. The average Bonchev–Trinajstić information content (AvgIpc) is 3.46. The van der Waals surface area contributed by atoms with Gasteiger partial charge in [-0.25, -0.2) is 0 Å². The summed E-state index contributed by atoms with van der Waals surface area (Å²) in [6.07, 6.45) is 5.54. The van der Waals surface area contributed by atoms with Crippen molar-refractivity contribution in [3.63, 3.8) is 0 Å². The van der Waals surface area contributed by atoms with Gasteiger partial charge in [0.25, 0.3) is 0 Å². The Balaban J connectivity index is 1.29. The van der Waals surface area contributed by atoms with Gasteiger partial charge in [-0.15, -0.1) is 0 Å². The van der Waals surface area contributed by atoms with E-state index >= 15 is 0 Å². The number of carbonyl (C=O) groups excluding carboxylic acids is 1. The molecule has 2 saturated heterocycles. The minimum atomic E-state index is 0.384. The quantitative estimate of drug-likeness (QED) is 0.823. The first-order chi connectivity index (χ1) is 12.2. The topological polar surface area (TPSA) is 26.8 Å². The lowest BCUT2D eigenvalue weighted by Gasteiger charge is -2.40. The Hall–Kier alpha value is -1.26. The predicted molar refractivity (Wildman–Crippen MR) is 102 cm³/mol. The van der Waals surface area contributed by atoms with Gasteiger partial charge >= 0.3 is 0 Å². The van der Waals surface area contributed by atoms with Gasteiger partial charge in [0, 0.05) is 62.4 Å². The predicted octanol–water partition coefficient (Wildman–Crippen LogP) is 3.25. The smallest absolute Gasteiger partial charge is 0.222 e. The molecule has 2 heterocycles. The summed E-state index contributed by atoms with van der Waals surface area (Å²) in [4.78, 5) is 19.5. The summed E-state index contributed by atoms with van der Waals surface area (Å²) in [7, 11) is 0. The molecule has 0 N–H and O–H groups in total. The summed E-state index contributed by atoms with van der Waals surface area (Å²) in [6, 6.07) is 8.72. The number of halogens is 1. The van der Waals surface area contributed by atoms with Crippen molar-refractivity contribution in [3.8, 4) is 0 Å². The lowest BCUT2D eigenvalue weighted by molar-refractivity contribution is -0.130. The molecule has 1 atom stereocenters. The molecule has 0 radical (unpaired) electrons. The van der Waals surface area contributed by atoms with Crippen molar-refractivity contribution < 1.29 is 4.79 Å². The first-order valence-corrected chi connectivity index (χ1v) is 10.1. The molecule has 136 valence electrons. The van der Waals surface area contributed by atoms with Crippen molar-refractivity contribution in [2.45, 2.75) is 38.1 Å². The van der Waals surface area contributed by atoms with E-state index in [1.807, 2.05) is 12.1 Å². The molecule has 25 heavy (non-hydrogen) atoms. The van der Waals surface area contributed by atoms with Crippen molar-refractivity contribution in [2.24, 2.45) is 5.92 Å². The second-order valence-corrected chi connectivity index (χ2v) is 8.20. The molecule has 0 bridgehead atoms. The number of hydrogen-bond acceptors (Lipinski definition) is 3. The van der Waals surface area contributed by atoms with Crippen LogP contribution in [0.2, 0.25) is 5.02 Å². The zero-order valence-corrected chi connectivity index (χ0v) is 15.6. The zero-order valence-electron chi connectivity index (χ0n) is 14.9. The SMILES string of the molecule is O=C1CCC(N2CCN(c3ccc(Cl)cc3)CC2)CCN1CC1CC1. The van der Waals surface area contributed by atoms with Crippen LogP contribution in [0.5, 0.6) is 0 Å². The molecular formula is C20H28ClN3O. The maximum Gasteiger partial charge on any atom is 0.222 e. The third-order valence-corrected chi connectivity index (χ3v) is 6.23. The Morgan fingerprint density at radius 3 is 2.32 bits per heavy atom. The molecule has 4 rings (SSSR count). The second kappa shape index (κ2) is 7.55. The highest BCUT2D eigenvalue weighted by atomic mass is 35.5. The van der Waals surface area contributed by atoms with Gasteiger partial charge in [-0.05, 0) is 55.9 Å². The molecule has 2 aliphatic heterocycles. The molecule has 0 spiro atoms. The zero-order chi connectivity index (χ0) is 17.2. The molecule has 3 aliphatic rings. The van der Waals surface area contributed by atoms with E-state index in [-0.39, 0.29) is 0 Å². The summed E-state index contributed by atoms with van der Waals surface area (Å²) in [6.45, 7) is 6.25. The molecule has 1 unspecified atom stereocenters. The molecule has 5 heteroatoms. The minimum absolute atomic E-state index is 0.384. The van der Waals surface area contributed by atoms with E-state index in [4.69, 9.17) is 11.6 Å². The van der Waals surface area contributed by atoms with E-state index in [0.29, 0.717) is 11.9 Å². The van der Waals surface area contributed by atoms with E-state index in [0.717, 1.165) is 69.5 Å². The Morgan fingerprint density at radius 1 is 0.920 bits per heavy atom. The van der Waals surface area contributed by atoms with E-state index in [1.165, 1.54) is 18.5 Å². The fraction of sp³-hybridized carbons (Fsp3) is 0.650. The van der Waals surface area contributed by atoms with Gasteiger partial charge in [-0.2, -0.15) is 0 Å². The number of hydrogen-bond donors (Lipinski definition) is 0. The number of rotatable bonds is 4. The van der Waals surface area contributed by atoms with Gasteiger partial charge in [-0.1, -0.05) is 11.6 Å². The Kier molecular flexibility index (Phi) is 5.18. The average molecular weight is 362 g/mol. The number of anilines is 1. The van der Waals surface area contributed by atoms with Gasteiger partial charge in [0.15, 0.2) is 0 Å². The van der Waals surface area contributed by atoms with Crippen LogP contribution in [0.3, 0.4) is 0 Å². The lowest BCUT2D eigenvalue weighted by atomic mass is 10.1. The Labute approximate surface area is 155 Å². The van der Waals surface area contributed by atoms with Crippen LogP contribution >= 0.6 is 11.6 Å². The molecule has 1 aliphatic carbocycles. The molecule has 3 fully saturated rings. The standard InChI is InChI=1S/C20H28ClN3O/c21-17-3-5-18(6-4-17)22-11-13-23(14-12-22)19-7-8-20(25)24(10-9-19)15-16-1-2-16/h3-6,16,19H,1-2,7-15H2. The van der Waals surface area contributed by atoms with Crippen LogP contribution in [0.15, 0.2) is 24.3 Å². The van der Waals surface area contributed by atoms with Gasteiger partial charge in [0.2, 0.25) is 5.91 Å². The van der Waals surface area contributed by atoms with Crippen LogP contribution in [-0.4, -0.2) is 61.0 Å². The molecule has 1 saturated carbocycles. The van der Waals surface area contributed by atoms with Crippen molar-refractivity contribution in [2.75, 3.05) is 44.2 Å². The molecular weight excluding hydrogens is 334 g/mol. The fourth-order valence-corrected chi connectivity index (χ4v) is 4.32. The maximum absolute atomic E-state index is 12.4. The maximum atomic E-state index is 12.4.